The SMILES string of the molecule is CC(C)/C(=C\C(=O)O)COc1ccccc1Br. The molecule has 0 saturated carbocycles. The van der Waals surface area contributed by atoms with E-state index in [0.717, 1.165) is 10.0 Å². The fourth-order valence-corrected chi connectivity index (χ4v) is 1.66. The minimum absolute atomic E-state index is 0.147. The van der Waals surface area contributed by atoms with Crippen molar-refractivity contribution in [2.24, 2.45) is 5.92 Å². The molecule has 1 aromatic rings. The van der Waals surface area contributed by atoms with E-state index >= 15 is 0 Å². The Labute approximate surface area is 109 Å². The number of ether oxygens (including phenoxy) is 1. The maximum Gasteiger partial charge on any atom is 0.328 e. The molecule has 0 aliphatic carbocycles. The Balaban J connectivity index is 2.71. The lowest BCUT2D eigenvalue weighted by Gasteiger charge is -2.13. The number of carbonyl (C=O) groups is 1. The molecular formula is C13H15BrO3. The van der Waals surface area contributed by atoms with Crippen LogP contribution in [0, 0.1) is 5.92 Å². The van der Waals surface area contributed by atoms with Crippen LogP contribution in [-0.4, -0.2) is 17.7 Å². The monoisotopic (exact) mass is 298 g/mol. The Morgan fingerprint density at radius 1 is 1.47 bits per heavy atom. The standard InChI is InChI=1S/C13H15BrO3/c1-9(2)10(7-13(15)16)8-17-12-6-4-3-5-11(12)14/h3-7,9H,8H2,1-2H3,(H,15,16)/b10-7-. The average Bonchev–Trinajstić information content (AvgIpc) is 2.25. The van der Waals surface area contributed by atoms with Gasteiger partial charge >= 0.3 is 5.97 Å². The summed E-state index contributed by atoms with van der Waals surface area (Å²) in [5, 5.41) is 8.74. The molecule has 0 saturated heterocycles. The van der Waals surface area contributed by atoms with Crippen LogP contribution in [0.15, 0.2) is 40.4 Å². The van der Waals surface area contributed by atoms with Gasteiger partial charge in [-0.15, -0.1) is 0 Å². The molecule has 0 aromatic heterocycles. The quantitative estimate of drug-likeness (QED) is 0.847. The fraction of sp³-hybridized carbons (Fsp3) is 0.308. The van der Waals surface area contributed by atoms with E-state index in [2.05, 4.69) is 15.9 Å². The molecule has 0 unspecified atom stereocenters. The lowest BCUT2D eigenvalue weighted by Crippen LogP contribution is -2.09. The third-order valence-electron chi connectivity index (χ3n) is 2.28. The molecule has 0 amide bonds. The summed E-state index contributed by atoms with van der Waals surface area (Å²) in [5.74, 6) is -0.0811. The zero-order chi connectivity index (χ0) is 12.8. The molecule has 1 rings (SSSR count). The molecule has 1 N–H and O–H groups in total. The first-order valence-electron chi connectivity index (χ1n) is 5.31. The summed E-state index contributed by atoms with van der Waals surface area (Å²) in [6, 6.07) is 7.48. The maximum atomic E-state index is 10.7. The predicted molar refractivity (Wildman–Crippen MR) is 70.2 cm³/mol. The van der Waals surface area contributed by atoms with Crippen LogP contribution in [0.25, 0.3) is 0 Å². The van der Waals surface area contributed by atoms with Crippen LogP contribution < -0.4 is 4.74 Å². The summed E-state index contributed by atoms with van der Waals surface area (Å²) in [6.45, 7) is 4.17. The molecule has 17 heavy (non-hydrogen) atoms. The van der Waals surface area contributed by atoms with Gasteiger partial charge in [-0.1, -0.05) is 26.0 Å². The summed E-state index contributed by atoms with van der Waals surface area (Å²) in [4.78, 5) is 10.7. The number of rotatable bonds is 5. The summed E-state index contributed by atoms with van der Waals surface area (Å²) < 4.78 is 6.44. The highest BCUT2D eigenvalue weighted by molar-refractivity contribution is 9.10. The topological polar surface area (TPSA) is 46.5 Å². The van der Waals surface area contributed by atoms with Gasteiger partial charge in [-0.2, -0.15) is 0 Å². The van der Waals surface area contributed by atoms with E-state index in [9.17, 15) is 4.79 Å². The molecular weight excluding hydrogens is 284 g/mol. The number of hydrogen-bond acceptors (Lipinski definition) is 2. The highest BCUT2D eigenvalue weighted by atomic mass is 79.9. The van der Waals surface area contributed by atoms with Crippen LogP contribution in [-0.2, 0) is 4.79 Å². The lowest BCUT2D eigenvalue weighted by atomic mass is 10.0. The minimum Gasteiger partial charge on any atom is -0.488 e. The Hall–Kier alpha value is -1.29. The summed E-state index contributed by atoms with van der Waals surface area (Å²) in [6.07, 6.45) is 1.21. The van der Waals surface area contributed by atoms with E-state index in [0.29, 0.717) is 5.75 Å². The summed E-state index contributed by atoms with van der Waals surface area (Å²) >= 11 is 3.37. The fourth-order valence-electron chi connectivity index (χ4n) is 1.26. The molecule has 0 radical (unpaired) electrons. The van der Waals surface area contributed by atoms with Gasteiger partial charge in [-0.25, -0.2) is 4.79 Å². The number of halogens is 1. The lowest BCUT2D eigenvalue weighted by molar-refractivity contribution is -0.131. The van der Waals surface area contributed by atoms with Gasteiger partial charge < -0.3 is 9.84 Å². The van der Waals surface area contributed by atoms with Gasteiger partial charge in [-0.3, -0.25) is 0 Å². The largest absolute Gasteiger partial charge is 0.488 e. The molecule has 0 bridgehead atoms. The van der Waals surface area contributed by atoms with Crippen molar-refractivity contribution in [2.75, 3.05) is 6.61 Å². The van der Waals surface area contributed by atoms with E-state index in [1.807, 2.05) is 38.1 Å². The van der Waals surface area contributed by atoms with Gasteiger partial charge in [0.1, 0.15) is 12.4 Å². The van der Waals surface area contributed by atoms with Gasteiger partial charge in [0, 0.05) is 6.08 Å². The second kappa shape index (κ2) is 6.45. The van der Waals surface area contributed by atoms with Crippen molar-refractivity contribution in [3.8, 4) is 5.75 Å². The van der Waals surface area contributed by atoms with Gasteiger partial charge in [0.05, 0.1) is 4.47 Å². The Morgan fingerprint density at radius 2 is 2.12 bits per heavy atom. The van der Waals surface area contributed by atoms with Gasteiger partial charge in [0.15, 0.2) is 0 Å². The molecule has 92 valence electrons. The Morgan fingerprint density at radius 3 is 2.65 bits per heavy atom. The molecule has 3 nitrogen and oxygen atoms in total. The highest BCUT2D eigenvalue weighted by Gasteiger charge is 2.08. The number of benzene rings is 1. The van der Waals surface area contributed by atoms with Crippen LogP contribution in [0.2, 0.25) is 0 Å². The number of carboxylic acids is 1. The van der Waals surface area contributed by atoms with E-state index in [4.69, 9.17) is 9.84 Å². The van der Waals surface area contributed by atoms with Crippen molar-refractivity contribution in [1.29, 1.82) is 0 Å². The number of para-hydroxylation sites is 1. The predicted octanol–water partition coefficient (Wildman–Crippen LogP) is 3.49. The normalized spacial score (nSPS) is 11.6. The first kappa shape index (κ1) is 13.8. The number of hydrogen-bond donors (Lipinski definition) is 1. The van der Waals surface area contributed by atoms with Crippen LogP contribution >= 0.6 is 15.9 Å². The van der Waals surface area contributed by atoms with E-state index in [-0.39, 0.29) is 12.5 Å². The second-order valence-electron chi connectivity index (χ2n) is 3.93. The zero-order valence-electron chi connectivity index (χ0n) is 9.81. The maximum absolute atomic E-state index is 10.7. The van der Waals surface area contributed by atoms with E-state index < -0.39 is 5.97 Å². The second-order valence-corrected chi connectivity index (χ2v) is 4.79. The first-order valence-corrected chi connectivity index (χ1v) is 6.10. The van der Waals surface area contributed by atoms with Crippen molar-refractivity contribution in [3.63, 3.8) is 0 Å². The van der Waals surface area contributed by atoms with Crippen molar-refractivity contribution in [2.45, 2.75) is 13.8 Å². The summed E-state index contributed by atoms with van der Waals surface area (Å²) in [5.41, 5.74) is 0.758. The van der Waals surface area contributed by atoms with Crippen molar-refractivity contribution in [3.05, 3.63) is 40.4 Å². The molecule has 0 fully saturated rings. The Kier molecular flexibility index (Phi) is 5.22. The van der Waals surface area contributed by atoms with Gasteiger partial charge in [-0.05, 0) is 39.6 Å². The van der Waals surface area contributed by atoms with Gasteiger partial charge in [0.2, 0.25) is 0 Å². The highest BCUT2D eigenvalue weighted by Crippen LogP contribution is 2.24. The van der Waals surface area contributed by atoms with Crippen molar-refractivity contribution >= 4 is 21.9 Å². The molecule has 0 aliphatic heterocycles. The molecule has 0 atom stereocenters. The number of carboxylic acid groups (broad SMARTS) is 1. The average molecular weight is 299 g/mol. The first-order chi connectivity index (χ1) is 8.00. The van der Waals surface area contributed by atoms with E-state index in [1.165, 1.54) is 6.08 Å². The van der Waals surface area contributed by atoms with Crippen LogP contribution in [0.5, 0.6) is 5.75 Å². The van der Waals surface area contributed by atoms with Gasteiger partial charge in [0.25, 0.3) is 0 Å². The molecule has 1 aromatic carbocycles. The van der Waals surface area contributed by atoms with Crippen LogP contribution in [0.4, 0.5) is 0 Å². The number of aliphatic carboxylic acids is 1. The van der Waals surface area contributed by atoms with Crippen molar-refractivity contribution in [1.82, 2.24) is 0 Å². The van der Waals surface area contributed by atoms with E-state index in [1.54, 1.807) is 0 Å². The zero-order valence-corrected chi connectivity index (χ0v) is 11.4. The minimum atomic E-state index is -0.940. The summed E-state index contributed by atoms with van der Waals surface area (Å²) in [7, 11) is 0. The smallest absolute Gasteiger partial charge is 0.328 e. The third kappa shape index (κ3) is 4.61. The van der Waals surface area contributed by atoms with Crippen LogP contribution in [0.3, 0.4) is 0 Å². The molecule has 4 heteroatoms. The molecule has 0 aliphatic rings. The van der Waals surface area contributed by atoms with Crippen molar-refractivity contribution < 1.29 is 14.6 Å². The molecule has 0 spiro atoms. The molecule has 0 heterocycles. The Bertz CT molecular complexity index is 424. The third-order valence-corrected chi connectivity index (χ3v) is 2.94. The van der Waals surface area contributed by atoms with Crippen LogP contribution in [0.1, 0.15) is 13.8 Å².